The second-order valence-electron chi connectivity index (χ2n) is 8.73. The fourth-order valence-corrected chi connectivity index (χ4v) is 4.59. The summed E-state index contributed by atoms with van der Waals surface area (Å²) >= 11 is 12.7. The molecule has 2 fully saturated rings. The van der Waals surface area contributed by atoms with Gasteiger partial charge in [0.1, 0.15) is 6.07 Å². The monoisotopic (exact) mass is 510 g/mol. The van der Waals surface area contributed by atoms with Gasteiger partial charge in [0.05, 0.1) is 28.5 Å². The quantitative estimate of drug-likeness (QED) is 0.439. The highest BCUT2D eigenvalue weighted by molar-refractivity contribution is 6.34. The normalized spacial score (nSPS) is 16.7. The zero-order chi connectivity index (χ0) is 24.4. The molecule has 1 aromatic carbocycles. The Bertz CT molecular complexity index is 1310. The fraction of sp³-hybridized carbons (Fsp3) is 0.435. The van der Waals surface area contributed by atoms with Gasteiger partial charge in [0.15, 0.2) is 17.2 Å². The fourth-order valence-electron chi connectivity index (χ4n) is 4.14. The highest BCUT2D eigenvalue weighted by Crippen LogP contribution is 2.32. The molecule has 2 aliphatic rings. The molecule has 0 radical (unpaired) electrons. The molecule has 0 amide bonds. The van der Waals surface area contributed by atoms with Gasteiger partial charge < -0.3 is 10.6 Å². The topological polar surface area (TPSA) is 121 Å². The zero-order valence-electron chi connectivity index (χ0n) is 19.0. The van der Waals surface area contributed by atoms with Crippen molar-refractivity contribution in [2.45, 2.75) is 25.4 Å². The van der Waals surface area contributed by atoms with Crippen LogP contribution in [0.4, 0.5) is 17.5 Å². The molecule has 1 aliphatic heterocycles. The Balaban J connectivity index is 1.42. The maximum atomic E-state index is 9.63. The van der Waals surface area contributed by atoms with E-state index in [1.165, 1.54) is 10.7 Å². The van der Waals surface area contributed by atoms with Crippen molar-refractivity contribution >= 4 is 46.3 Å². The summed E-state index contributed by atoms with van der Waals surface area (Å²) in [5.41, 5.74) is 2.68. The highest BCUT2D eigenvalue weighted by Gasteiger charge is 2.25. The van der Waals surface area contributed by atoms with Crippen molar-refractivity contribution in [2.75, 3.05) is 49.2 Å². The first-order chi connectivity index (χ1) is 17.1. The molecule has 0 unspecified atom stereocenters. The largest absolute Gasteiger partial charge is 0.364 e. The van der Waals surface area contributed by atoms with Gasteiger partial charge in [0.25, 0.3) is 0 Å². The highest BCUT2D eigenvalue weighted by atomic mass is 35.5. The van der Waals surface area contributed by atoms with Gasteiger partial charge in [-0.2, -0.15) is 20.0 Å². The number of benzene rings is 1. The summed E-state index contributed by atoms with van der Waals surface area (Å²) in [7, 11) is 0. The first-order valence-corrected chi connectivity index (χ1v) is 12.4. The molecule has 0 spiro atoms. The van der Waals surface area contributed by atoms with Crippen LogP contribution in [-0.2, 0) is 6.54 Å². The van der Waals surface area contributed by atoms with E-state index in [4.69, 9.17) is 23.2 Å². The number of aromatic nitrogens is 4. The first-order valence-electron chi connectivity index (χ1n) is 11.5. The summed E-state index contributed by atoms with van der Waals surface area (Å²) < 4.78 is 1.46. The number of hydrogen-bond acceptors (Lipinski definition) is 9. The summed E-state index contributed by atoms with van der Waals surface area (Å²) in [6, 6.07) is 8.17. The maximum absolute atomic E-state index is 9.63. The molecule has 0 bridgehead atoms. The summed E-state index contributed by atoms with van der Waals surface area (Å²) in [5.74, 6) is 1.44. The van der Waals surface area contributed by atoms with Gasteiger partial charge in [-0.1, -0.05) is 11.6 Å². The molecular formula is C23H24Cl2N10. The second-order valence-corrected chi connectivity index (χ2v) is 9.49. The van der Waals surface area contributed by atoms with Gasteiger partial charge >= 0.3 is 0 Å². The summed E-state index contributed by atoms with van der Waals surface area (Å²) in [4.78, 5) is 13.6. The van der Waals surface area contributed by atoms with E-state index in [2.05, 4.69) is 47.6 Å². The third kappa shape index (κ3) is 5.26. The number of fused-ring (bicyclic) bond motifs is 1. The van der Waals surface area contributed by atoms with Crippen molar-refractivity contribution in [3.63, 3.8) is 0 Å². The van der Waals surface area contributed by atoms with Crippen LogP contribution in [0.1, 0.15) is 29.7 Å². The van der Waals surface area contributed by atoms with Crippen molar-refractivity contribution in [1.29, 1.82) is 10.5 Å². The Kier molecular flexibility index (Phi) is 6.89. The zero-order valence-corrected chi connectivity index (χ0v) is 20.5. The van der Waals surface area contributed by atoms with Crippen LogP contribution in [0.25, 0.3) is 5.65 Å². The Morgan fingerprint density at radius 2 is 1.86 bits per heavy atom. The molecule has 2 aromatic heterocycles. The van der Waals surface area contributed by atoms with Gasteiger partial charge in [-0.25, -0.2) is 4.98 Å². The van der Waals surface area contributed by atoms with E-state index in [0.29, 0.717) is 51.9 Å². The molecule has 5 rings (SSSR count). The lowest BCUT2D eigenvalue weighted by Crippen LogP contribution is -2.46. The number of nitriles is 2. The predicted molar refractivity (Wildman–Crippen MR) is 134 cm³/mol. The van der Waals surface area contributed by atoms with Crippen LogP contribution in [0.15, 0.2) is 18.3 Å². The van der Waals surface area contributed by atoms with Gasteiger partial charge in [-0.05, 0) is 30.5 Å². The maximum Gasteiger partial charge on any atom is 0.247 e. The molecule has 3 heterocycles. The molecule has 35 heavy (non-hydrogen) atoms. The van der Waals surface area contributed by atoms with Gasteiger partial charge in [0, 0.05) is 51.2 Å². The number of anilines is 3. The molecule has 0 atom stereocenters. The second kappa shape index (κ2) is 10.2. The Hall–Kier alpha value is -3.15. The van der Waals surface area contributed by atoms with E-state index in [1.54, 1.807) is 6.07 Å². The summed E-state index contributed by atoms with van der Waals surface area (Å²) in [5, 5.41) is 30.6. The molecule has 1 saturated heterocycles. The third-order valence-corrected chi connectivity index (χ3v) is 6.79. The van der Waals surface area contributed by atoms with Crippen LogP contribution in [0.5, 0.6) is 0 Å². The number of nitrogens with one attached hydrogen (secondary N) is 2. The van der Waals surface area contributed by atoms with Crippen molar-refractivity contribution < 1.29 is 0 Å². The number of piperazine rings is 1. The van der Waals surface area contributed by atoms with Crippen LogP contribution in [0.2, 0.25) is 5.02 Å². The molecule has 1 saturated carbocycles. The van der Waals surface area contributed by atoms with Gasteiger partial charge in [0.2, 0.25) is 5.95 Å². The minimum atomic E-state index is 0.257. The van der Waals surface area contributed by atoms with Crippen LogP contribution in [0.3, 0.4) is 0 Å². The lowest BCUT2D eigenvalue weighted by Gasteiger charge is -2.34. The smallest absolute Gasteiger partial charge is 0.247 e. The average Bonchev–Trinajstić information content (AvgIpc) is 3.58. The SMILES string of the molecule is N#Cc1cc(CN2CCN(CCCl)CC2)c(Cl)c(Nc2nc(NC3CC3)c3ncc(C#N)n3n2)c1. The predicted octanol–water partition coefficient (Wildman–Crippen LogP) is 3.20. The van der Waals surface area contributed by atoms with E-state index < -0.39 is 0 Å². The van der Waals surface area contributed by atoms with E-state index in [-0.39, 0.29) is 5.95 Å². The summed E-state index contributed by atoms with van der Waals surface area (Å²) in [6.07, 6.45) is 3.59. The van der Waals surface area contributed by atoms with Crippen molar-refractivity contribution in [2.24, 2.45) is 0 Å². The first kappa shape index (κ1) is 23.6. The Labute approximate surface area is 213 Å². The number of halogens is 2. The molecule has 180 valence electrons. The molecule has 1 aliphatic carbocycles. The third-order valence-electron chi connectivity index (χ3n) is 6.18. The van der Waals surface area contributed by atoms with Crippen LogP contribution >= 0.6 is 23.2 Å². The summed E-state index contributed by atoms with van der Waals surface area (Å²) in [6.45, 7) is 5.22. The van der Waals surface area contributed by atoms with Crippen LogP contribution in [-0.4, -0.2) is 74.0 Å². The lowest BCUT2D eigenvalue weighted by molar-refractivity contribution is 0.132. The van der Waals surface area contributed by atoms with Gasteiger partial charge in [-0.15, -0.1) is 16.7 Å². The van der Waals surface area contributed by atoms with E-state index >= 15 is 0 Å². The van der Waals surface area contributed by atoms with Crippen LogP contribution < -0.4 is 10.6 Å². The lowest BCUT2D eigenvalue weighted by atomic mass is 10.1. The standard InChI is InChI=1S/C23H24Cl2N10/c24-3-4-33-5-7-34(8-6-33)14-16-9-15(11-26)10-19(20(16)25)30-23-31-21(29-17-1-2-17)22-28-13-18(12-27)35(22)32-23/h9-10,13,17H,1-8,14H2,(H2,29,30,31,32). The van der Waals surface area contributed by atoms with E-state index in [9.17, 15) is 10.5 Å². The minimum absolute atomic E-state index is 0.257. The number of imidazole rings is 1. The van der Waals surface area contributed by atoms with Crippen molar-refractivity contribution in [3.8, 4) is 12.1 Å². The molecule has 12 heteroatoms. The number of alkyl halides is 1. The van der Waals surface area contributed by atoms with Crippen molar-refractivity contribution in [1.82, 2.24) is 29.4 Å². The molecule has 2 N–H and O–H groups in total. The van der Waals surface area contributed by atoms with E-state index in [1.807, 2.05) is 6.07 Å². The Morgan fingerprint density at radius 1 is 1.09 bits per heavy atom. The minimum Gasteiger partial charge on any atom is -0.364 e. The Morgan fingerprint density at radius 3 is 2.54 bits per heavy atom. The molecule has 3 aromatic rings. The van der Waals surface area contributed by atoms with Crippen molar-refractivity contribution in [3.05, 3.63) is 40.2 Å². The number of rotatable bonds is 8. The molecular weight excluding hydrogens is 487 g/mol. The van der Waals surface area contributed by atoms with Crippen LogP contribution in [0, 0.1) is 22.7 Å². The van der Waals surface area contributed by atoms with E-state index in [0.717, 1.165) is 51.1 Å². The molecule has 10 nitrogen and oxygen atoms in total. The average molecular weight is 511 g/mol. The number of hydrogen-bond donors (Lipinski definition) is 2. The number of nitrogens with zero attached hydrogens (tertiary/aromatic N) is 8. The van der Waals surface area contributed by atoms with Gasteiger partial charge in [-0.3, -0.25) is 9.80 Å².